The predicted molar refractivity (Wildman–Crippen MR) is 73.9 cm³/mol. The van der Waals surface area contributed by atoms with Crippen LogP contribution < -0.4 is 10.2 Å². The third-order valence-electron chi connectivity index (χ3n) is 4.32. The molecule has 0 amide bonds. The minimum Gasteiger partial charge on any atom is -0.352 e. The number of para-hydroxylation sites is 1. The van der Waals surface area contributed by atoms with Gasteiger partial charge in [-0.3, -0.25) is 0 Å². The average molecular weight is 239 g/mol. The molecule has 2 atom stereocenters. The van der Waals surface area contributed by atoms with Gasteiger partial charge in [-0.25, -0.2) is 4.98 Å². The molecule has 1 N–H and O–H groups in total. The highest BCUT2D eigenvalue weighted by atomic mass is 15.3. The Morgan fingerprint density at radius 2 is 2.06 bits per heavy atom. The largest absolute Gasteiger partial charge is 0.352 e. The molecule has 2 aliphatic heterocycles. The summed E-state index contributed by atoms with van der Waals surface area (Å²) in [5.41, 5.74) is 1.10. The van der Waals surface area contributed by atoms with Gasteiger partial charge < -0.3 is 10.2 Å². The first kappa shape index (κ1) is 10.3. The van der Waals surface area contributed by atoms with Gasteiger partial charge in [-0.1, -0.05) is 18.2 Å². The van der Waals surface area contributed by atoms with Crippen LogP contribution in [-0.4, -0.2) is 30.7 Å². The molecule has 3 heteroatoms. The number of hydrogen-bond donors (Lipinski definition) is 1. The molecule has 3 heterocycles. The molecule has 0 unspecified atom stereocenters. The summed E-state index contributed by atoms with van der Waals surface area (Å²) in [6, 6.07) is 13.4. The smallest absolute Gasteiger partial charge is 0.129 e. The summed E-state index contributed by atoms with van der Waals surface area (Å²) in [7, 11) is 0. The van der Waals surface area contributed by atoms with E-state index in [1.807, 2.05) is 0 Å². The zero-order valence-electron chi connectivity index (χ0n) is 10.3. The molecule has 2 saturated heterocycles. The van der Waals surface area contributed by atoms with Crippen LogP contribution in [0.1, 0.15) is 6.42 Å². The van der Waals surface area contributed by atoms with Gasteiger partial charge in [0.1, 0.15) is 5.82 Å². The zero-order valence-corrected chi connectivity index (χ0v) is 10.3. The lowest BCUT2D eigenvalue weighted by Crippen LogP contribution is -2.34. The van der Waals surface area contributed by atoms with E-state index >= 15 is 0 Å². The molecular formula is C15H17N3. The van der Waals surface area contributed by atoms with Gasteiger partial charge in [0, 0.05) is 31.1 Å². The summed E-state index contributed by atoms with van der Waals surface area (Å²) < 4.78 is 0. The lowest BCUT2D eigenvalue weighted by atomic mass is 10.1. The van der Waals surface area contributed by atoms with Crippen LogP contribution in [0.4, 0.5) is 5.82 Å². The van der Waals surface area contributed by atoms with Gasteiger partial charge in [0.25, 0.3) is 0 Å². The first-order valence-electron chi connectivity index (χ1n) is 6.75. The molecule has 0 saturated carbocycles. The molecule has 2 aromatic rings. The Hall–Kier alpha value is -1.61. The van der Waals surface area contributed by atoms with Crippen LogP contribution in [0.15, 0.2) is 36.4 Å². The number of benzene rings is 1. The molecule has 2 fully saturated rings. The van der Waals surface area contributed by atoms with E-state index in [0.717, 1.165) is 30.3 Å². The summed E-state index contributed by atoms with van der Waals surface area (Å²) in [4.78, 5) is 7.30. The van der Waals surface area contributed by atoms with Gasteiger partial charge in [-0.05, 0) is 30.5 Å². The maximum atomic E-state index is 4.82. The number of pyridine rings is 1. The van der Waals surface area contributed by atoms with Gasteiger partial charge in [0.15, 0.2) is 0 Å². The average Bonchev–Trinajstić information content (AvgIpc) is 3.00. The second-order valence-electron chi connectivity index (χ2n) is 5.33. The second kappa shape index (κ2) is 3.95. The van der Waals surface area contributed by atoms with Crippen molar-refractivity contribution in [2.75, 3.05) is 24.5 Å². The third kappa shape index (κ3) is 1.51. The van der Waals surface area contributed by atoms with Crippen LogP contribution in [0.3, 0.4) is 0 Å². The normalized spacial score (nSPS) is 26.8. The predicted octanol–water partition coefficient (Wildman–Crippen LogP) is 2.03. The van der Waals surface area contributed by atoms with E-state index in [2.05, 4.69) is 46.6 Å². The molecule has 0 bridgehead atoms. The Bertz CT molecular complexity index is 581. The van der Waals surface area contributed by atoms with Gasteiger partial charge >= 0.3 is 0 Å². The van der Waals surface area contributed by atoms with Crippen molar-refractivity contribution in [1.29, 1.82) is 0 Å². The molecule has 4 rings (SSSR count). The molecule has 18 heavy (non-hydrogen) atoms. The van der Waals surface area contributed by atoms with Crippen molar-refractivity contribution in [2.24, 2.45) is 5.92 Å². The molecule has 3 nitrogen and oxygen atoms in total. The summed E-state index contributed by atoms with van der Waals surface area (Å²) >= 11 is 0. The summed E-state index contributed by atoms with van der Waals surface area (Å²) in [5, 5.41) is 4.72. The summed E-state index contributed by atoms with van der Waals surface area (Å²) in [6.45, 7) is 3.44. The molecule has 2 aliphatic rings. The second-order valence-corrected chi connectivity index (χ2v) is 5.33. The van der Waals surface area contributed by atoms with Crippen LogP contribution >= 0.6 is 0 Å². The van der Waals surface area contributed by atoms with Gasteiger partial charge in [-0.2, -0.15) is 0 Å². The topological polar surface area (TPSA) is 28.2 Å². The van der Waals surface area contributed by atoms with E-state index in [9.17, 15) is 0 Å². The van der Waals surface area contributed by atoms with E-state index in [1.54, 1.807) is 0 Å². The van der Waals surface area contributed by atoms with Crippen molar-refractivity contribution in [3.8, 4) is 0 Å². The quantitative estimate of drug-likeness (QED) is 0.825. The lowest BCUT2D eigenvalue weighted by Gasteiger charge is -2.24. The molecule has 1 aromatic heterocycles. The lowest BCUT2D eigenvalue weighted by molar-refractivity contribution is 0.577. The highest BCUT2D eigenvalue weighted by Crippen LogP contribution is 2.31. The summed E-state index contributed by atoms with van der Waals surface area (Å²) in [5.74, 6) is 1.96. The van der Waals surface area contributed by atoms with Gasteiger partial charge in [0.05, 0.1) is 5.52 Å². The van der Waals surface area contributed by atoms with Crippen molar-refractivity contribution in [3.63, 3.8) is 0 Å². The maximum Gasteiger partial charge on any atom is 0.129 e. The number of anilines is 1. The molecule has 0 radical (unpaired) electrons. The number of hydrogen-bond acceptors (Lipinski definition) is 3. The first-order chi connectivity index (χ1) is 8.92. The van der Waals surface area contributed by atoms with Crippen molar-refractivity contribution in [1.82, 2.24) is 10.3 Å². The fraction of sp³-hybridized carbons (Fsp3) is 0.400. The number of nitrogens with zero attached hydrogens (tertiary/aromatic N) is 2. The highest BCUT2D eigenvalue weighted by molar-refractivity contribution is 5.80. The van der Waals surface area contributed by atoms with Crippen LogP contribution in [0, 0.1) is 5.92 Å². The van der Waals surface area contributed by atoms with Crippen LogP contribution in [0.5, 0.6) is 0 Å². The fourth-order valence-corrected chi connectivity index (χ4v) is 3.35. The molecule has 92 valence electrons. The van der Waals surface area contributed by atoms with Crippen molar-refractivity contribution in [3.05, 3.63) is 36.4 Å². The van der Waals surface area contributed by atoms with Crippen LogP contribution in [0.2, 0.25) is 0 Å². The zero-order chi connectivity index (χ0) is 11.9. The number of rotatable bonds is 1. The maximum absolute atomic E-state index is 4.82. The first-order valence-corrected chi connectivity index (χ1v) is 6.75. The Labute approximate surface area is 107 Å². The van der Waals surface area contributed by atoms with E-state index in [0.29, 0.717) is 6.04 Å². The monoisotopic (exact) mass is 239 g/mol. The molecular weight excluding hydrogens is 222 g/mol. The van der Waals surface area contributed by atoms with E-state index in [-0.39, 0.29) is 0 Å². The fourth-order valence-electron chi connectivity index (χ4n) is 3.35. The van der Waals surface area contributed by atoms with E-state index < -0.39 is 0 Å². The summed E-state index contributed by atoms with van der Waals surface area (Å²) in [6.07, 6.45) is 1.30. The highest BCUT2D eigenvalue weighted by Gasteiger charge is 2.37. The standard InChI is InChI=1S/C15H17N3/c1-2-4-13-11(3-1)5-6-15(17-13)18-8-7-12-9-16-10-14(12)18/h1-6,12,14,16H,7-10H2/t12-,14+/m0/s1. The van der Waals surface area contributed by atoms with Gasteiger partial charge in [-0.15, -0.1) is 0 Å². The molecule has 1 aromatic carbocycles. The molecule has 0 aliphatic carbocycles. The Kier molecular flexibility index (Phi) is 2.27. The minimum absolute atomic E-state index is 0.652. The van der Waals surface area contributed by atoms with Crippen molar-refractivity contribution in [2.45, 2.75) is 12.5 Å². The van der Waals surface area contributed by atoms with E-state index in [1.165, 1.54) is 18.4 Å². The van der Waals surface area contributed by atoms with Crippen LogP contribution in [0.25, 0.3) is 10.9 Å². The Morgan fingerprint density at radius 1 is 1.11 bits per heavy atom. The number of aromatic nitrogens is 1. The van der Waals surface area contributed by atoms with E-state index in [4.69, 9.17) is 4.98 Å². The molecule has 0 spiro atoms. The minimum atomic E-state index is 0.652. The van der Waals surface area contributed by atoms with Crippen molar-refractivity contribution >= 4 is 16.7 Å². The van der Waals surface area contributed by atoms with Crippen LogP contribution in [-0.2, 0) is 0 Å². The number of fused-ring (bicyclic) bond motifs is 2. The SMILES string of the molecule is c1ccc2nc(N3CC[C@H]4CNC[C@H]43)ccc2c1. The van der Waals surface area contributed by atoms with Crippen molar-refractivity contribution < 1.29 is 0 Å². The number of nitrogens with one attached hydrogen (secondary N) is 1. The Balaban J connectivity index is 1.74. The third-order valence-corrected chi connectivity index (χ3v) is 4.32. The van der Waals surface area contributed by atoms with Gasteiger partial charge in [0.2, 0.25) is 0 Å². The Morgan fingerprint density at radius 3 is 3.06 bits per heavy atom.